The topological polar surface area (TPSA) is 58.5 Å². The molecular weight excluding hydrogens is 447 g/mol. The lowest BCUT2D eigenvalue weighted by Gasteiger charge is -2.30. The second-order valence-electron chi connectivity index (χ2n) is 8.04. The maximum Gasteiger partial charge on any atom is 0.191 e. The molecule has 5 nitrogen and oxygen atoms in total. The largest absolute Gasteiger partial charge is 0.379 e. The highest BCUT2D eigenvalue weighted by molar-refractivity contribution is 14.0. The summed E-state index contributed by atoms with van der Waals surface area (Å²) >= 11 is 1.67. The maximum atomic E-state index is 5.59. The molecule has 0 aliphatic carbocycles. The molecule has 1 aromatic rings. The van der Waals surface area contributed by atoms with E-state index in [-0.39, 0.29) is 40.9 Å². The third kappa shape index (κ3) is 8.68. The summed E-state index contributed by atoms with van der Waals surface area (Å²) in [5.41, 5.74) is 1.29. The van der Waals surface area contributed by atoms with Crippen molar-refractivity contribution in [1.29, 1.82) is 0 Å². The highest BCUT2D eigenvalue weighted by Gasteiger charge is 2.24. The van der Waals surface area contributed by atoms with E-state index >= 15 is 0 Å². The number of methoxy groups -OCH3 is 1. The van der Waals surface area contributed by atoms with Gasteiger partial charge in [0, 0.05) is 31.0 Å². The Morgan fingerprint density at radius 1 is 1.24 bits per heavy atom. The van der Waals surface area contributed by atoms with Crippen molar-refractivity contribution in [2.75, 3.05) is 20.2 Å². The molecule has 0 bridgehead atoms. The van der Waals surface area contributed by atoms with E-state index in [1.54, 1.807) is 18.4 Å². The number of rotatable bonds is 6. The third-order valence-electron chi connectivity index (χ3n) is 3.74. The summed E-state index contributed by atoms with van der Waals surface area (Å²) in [5.74, 6) is 0.802. The smallest absolute Gasteiger partial charge is 0.191 e. The normalized spacial score (nSPS) is 14.0. The minimum atomic E-state index is 0. The molecule has 0 aromatic carbocycles. The van der Waals surface area contributed by atoms with Gasteiger partial charge < -0.3 is 15.4 Å². The van der Waals surface area contributed by atoms with E-state index in [1.165, 1.54) is 0 Å². The Morgan fingerprint density at radius 3 is 2.32 bits per heavy atom. The lowest BCUT2D eigenvalue weighted by atomic mass is 9.89. The number of halogens is 1. The van der Waals surface area contributed by atoms with Crippen molar-refractivity contribution in [3.8, 4) is 0 Å². The zero-order valence-electron chi connectivity index (χ0n) is 16.9. The van der Waals surface area contributed by atoms with E-state index in [9.17, 15) is 0 Å². The Kier molecular flexibility index (Phi) is 10.5. The predicted octanol–water partition coefficient (Wildman–Crippen LogP) is 4.17. The fourth-order valence-corrected chi connectivity index (χ4v) is 3.09. The molecule has 1 rings (SSSR count). The number of ether oxygens (including phenoxy) is 1. The van der Waals surface area contributed by atoms with Crippen molar-refractivity contribution < 1.29 is 4.74 Å². The van der Waals surface area contributed by atoms with E-state index in [0.29, 0.717) is 6.54 Å². The van der Waals surface area contributed by atoms with Gasteiger partial charge in [0.25, 0.3) is 0 Å². The van der Waals surface area contributed by atoms with E-state index < -0.39 is 0 Å². The van der Waals surface area contributed by atoms with Crippen LogP contribution in [0.3, 0.4) is 0 Å². The quantitative estimate of drug-likeness (QED) is 0.363. The van der Waals surface area contributed by atoms with Gasteiger partial charge in [0.1, 0.15) is 5.01 Å². The summed E-state index contributed by atoms with van der Waals surface area (Å²) < 4.78 is 5.59. The first-order valence-corrected chi connectivity index (χ1v) is 9.45. The number of thiazole rings is 1. The highest BCUT2D eigenvalue weighted by atomic mass is 127. The lowest BCUT2D eigenvalue weighted by Crippen LogP contribution is -2.45. The van der Waals surface area contributed by atoms with Crippen molar-refractivity contribution in [2.45, 2.75) is 66.5 Å². The Hall–Kier alpha value is -0.410. The van der Waals surface area contributed by atoms with Crippen LogP contribution < -0.4 is 10.6 Å². The molecule has 1 heterocycles. The molecule has 1 unspecified atom stereocenters. The predicted molar refractivity (Wildman–Crippen MR) is 119 cm³/mol. The molecule has 0 spiro atoms. The summed E-state index contributed by atoms with van der Waals surface area (Å²) in [6.07, 6.45) is 0.119. The van der Waals surface area contributed by atoms with E-state index in [2.05, 4.69) is 69.5 Å². The molecule has 0 fully saturated rings. The van der Waals surface area contributed by atoms with Gasteiger partial charge in [-0.2, -0.15) is 0 Å². The summed E-state index contributed by atoms with van der Waals surface area (Å²) in [7, 11) is 1.76. The summed E-state index contributed by atoms with van der Waals surface area (Å²) in [5, 5.41) is 9.83. The second-order valence-corrected chi connectivity index (χ2v) is 8.99. The van der Waals surface area contributed by atoms with Crippen molar-refractivity contribution in [2.24, 2.45) is 10.4 Å². The fraction of sp³-hybridized carbons (Fsp3) is 0.778. The molecule has 0 radical (unpaired) electrons. The number of guanidine groups is 1. The van der Waals surface area contributed by atoms with Crippen LogP contribution in [0.2, 0.25) is 0 Å². The molecule has 25 heavy (non-hydrogen) atoms. The van der Waals surface area contributed by atoms with Gasteiger partial charge >= 0.3 is 0 Å². The van der Waals surface area contributed by atoms with Crippen LogP contribution in [0.1, 0.15) is 59.2 Å². The van der Waals surface area contributed by atoms with Gasteiger partial charge in [-0.25, -0.2) is 9.98 Å². The molecule has 7 heteroatoms. The maximum absolute atomic E-state index is 5.59. The average Bonchev–Trinajstić information content (AvgIpc) is 2.92. The van der Waals surface area contributed by atoms with Gasteiger partial charge in [0.2, 0.25) is 0 Å². The highest BCUT2D eigenvalue weighted by Crippen LogP contribution is 2.24. The van der Waals surface area contributed by atoms with Crippen molar-refractivity contribution >= 4 is 41.3 Å². The number of hydrogen-bond acceptors (Lipinski definition) is 4. The Labute approximate surface area is 174 Å². The molecular formula is C18H35IN4OS. The number of nitrogens with zero attached hydrogens (tertiary/aromatic N) is 2. The van der Waals surface area contributed by atoms with Crippen LogP contribution in [0.15, 0.2) is 10.4 Å². The molecule has 0 aliphatic rings. The standard InChI is InChI=1S/C18H34N4OS.HI/c1-9-19-16(20-10-14(23-8)18(5,6)7)21-11-15-22-13(12-24-15)17(2,3)4;/h12,14H,9-11H2,1-8H3,(H2,19,20,21);1H. The Morgan fingerprint density at radius 2 is 1.88 bits per heavy atom. The molecule has 0 saturated carbocycles. The van der Waals surface area contributed by atoms with Gasteiger partial charge in [-0.15, -0.1) is 35.3 Å². The van der Waals surface area contributed by atoms with Crippen LogP contribution in [0.5, 0.6) is 0 Å². The molecule has 1 atom stereocenters. The molecule has 1 aromatic heterocycles. The molecule has 0 saturated heterocycles. The number of hydrogen-bond donors (Lipinski definition) is 2. The molecule has 0 amide bonds. The van der Waals surface area contributed by atoms with E-state index in [4.69, 9.17) is 9.72 Å². The van der Waals surface area contributed by atoms with Crippen LogP contribution in [0.4, 0.5) is 0 Å². The second kappa shape index (κ2) is 10.7. The summed E-state index contributed by atoms with van der Waals surface area (Å²) in [4.78, 5) is 9.35. The Bertz CT molecular complexity index is 532. The minimum Gasteiger partial charge on any atom is -0.379 e. The van der Waals surface area contributed by atoms with Crippen LogP contribution in [-0.2, 0) is 16.7 Å². The number of nitrogens with one attached hydrogen (secondary N) is 2. The van der Waals surface area contributed by atoms with Crippen molar-refractivity contribution in [3.63, 3.8) is 0 Å². The van der Waals surface area contributed by atoms with Crippen molar-refractivity contribution in [3.05, 3.63) is 16.1 Å². The molecule has 146 valence electrons. The monoisotopic (exact) mass is 482 g/mol. The van der Waals surface area contributed by atoms with Gasteiger partial charge in [-0.3, -0.25) is 0 Å². The average molecular weight is 482 g/mol. The minimum absolute atomic E-state index is 0. The van der Waals surface area contributed by atoms with Gasteiger partial charge in [-0.05, 0) is 12.3 Å². The SMILES string of the molecule is CCNC(=NCc1nc(C(C)(C)C)cs1)NCC(OC)C(C)(C)C.I. The zero-order chi connectivity index (χ0) is 18.4. The van der Waals surface area contributed by atoms with Crippen molar-refractivity contribution in [1.82, 2.24) is 15.6 Å². The van der Waals surface area contributed by atoms with Crippen LogP contribution in [-0.4, -0.2) is 37.2 Å². The molecule has 2 N–H and O–H groups in total. The van der Waals surface area contributed by atoms with E-state index in [1.807, 2.05) is 0 Å². The number of aromatic nitrogens is 1. The Balaban J connectivity index is 0.00000576. The van der Waals surface area contributed by atoms with Gasteiger partial charge in [-0.1, -0.05) is 41.5 Å². The van der Waals surface area contributed by atoms with Gasteiger partial charge in [0.15, 0.2) is 5.96 Å². The fourth-order valence-electron chi connectivity index (χ4n) is 2.15. The van der Waals surface area contributed by atoms with Crippen LogP contribution in [0, 0.1) is 5.41 Å². The van der Waals surface area contributed by atoms with E-state index in [0.717, 1.165) is 29.8 Å². The first-order chi connectivity index (χ1) is 11.1. The lowest BCUT2D eigenvalue weighted by molar-refractivity contribution is 0.0205. The first-order valence-electron chi connectivity index (χ1n) is 8.57. The number of aliphatic imine (C=N–C) groups is 1. The zero-order valence-corrected chi connectivity index (χ0v) is 20.0. The van der Waals surface area contributed by atoms with Crippen LogP contribution >= 0.6 is 35.3 Å². The third-order valence-corrected chi connectivity index (χ3v) is 4.58. The van der Waals surface area contributed by atoms with Crippen LogP contribution in [0.25, 0.3) is 0 Å². The summed E-state index contributed by atoms with van der Waals surface area (Å²) in [6.45, 7) is 17.3. The molecule has 0 aliphatic heterocycles. The summed E-state index contributed by atoms with van der Waals surface area (Å²) in [6, 6.07) is 0. The first kappa shape index (κ1) is 24.6. The van der Waals surface area contributed by atoms with Gasteiger partial charge in [0.05, 0.1) is 18.3 Å².